The van der Waals surface area contributed by atoms with Crippen LogP contribution in [0.15, 0.2) is 41.3 Å². The van der Waals surface area contributed by atoms with Gasteiger partial charge in [0.05, 0.1) is 17.1 Å². The van der Waals surface area contributed by atoms with Crippen LogP contribution in [0.2, 0.25) is 0 Å². The molecule has 0 bridgehead atoms. The van der Waals surface area contributed by atoms with Crippen LogP contribution in [0.5, 0.6) is 11.5 Å². The highest BCUT2D eigenvalue weighted by Gasteiger charge is 2.33. The molecule has 142 valence electrons. The number of anilines is 1. The van der Waals surface area contributed by atoms with Gasteiger partial charge in [-0.2, -0.15) is 0 Å². The summed E-state index contributed by atoms with van der Waals surface area (Å²) in [5.41, 5.74) is 2.76. The zero-order valence-corrected chi connectivity index (χ0v) is 16.1. The van der Waals surface area contributed by atoms with Crippen molar-refractivity contribution in [2.24, 2.45) is 0 Å². The largest absolute Gasteiger partial charge is 0.490 e. The summed E-state index contributed by atoms with van der Waals surface area (Å²) in [5.74, 6) is 1.08. The molecule has 1 amide bonds. The van der Waals surface area contributed by atoms with E-state index in [1.54, 1.807) is 11.0 Å². The quantitative estimate of drug-likeness (QED) is 0.792. The van der Waals surface area contributed by atoms with E-state index in [0.29, 0.717) is 31.0 Å². The van der Waals surface area contributed by atoms with E-state index in [0.717, 1.165) is 29.6 Å². The number of carbonyl (C=O) groups is 1. The van der Waals surface area contributed by atoms with Crippen molar-refractivity contribution in [2.75, 3.05) is 24.3 Å². The van der Waals surface area contributed by atoms with Crippen molar-refractivity contribution in [1.29, 1.82) is 0 Å². The number of nitrogens with zero attached hydrogens (tertiary/aromatic N) is 1. The fourth-order valence-corrected chi connectivity index (χ4v) is 4.16. The molecule has 1 atom stereocenters. The van der Waals surface area contributed by atoms with Crippen molar-refractivity contribution in [2.45, 2.75) is 30.8 Å². The van der Waals surface area contributed by atoms with Gasteiger partial charge in [-0.25, -0.2) is 8.42 Å². The van der Waals surface area contributed by atoms with Gasteiger partial charge in [0.2, 0.25) is 0 Å². The van der Waals surface area contributed by atoms with Gasteiger partial charge in [-0.1, -0.05) is 17.7 Å². The highest BCUT2D eigenvalue weighted by Crippen LogP contribution is 2.36. The minimum atomic E-state index is -3.38. The number of amides is 1. The molecule has 0 radical (unpaired) electrons. The molecule has 6 nitrogen and oxygen atoms in total. The van der Waals surface area contributed by atoms with Crippen molar-refractivity contribution in [3.05, 3.63) is 47.5 Å². The summed E-state index contributed by atoms with van der Waals surface area (Å²) in [6.07, 6.45) is 1.92. The molecule has 2 heterocycles. The highest BCUT2D eigenvalue weighted by atomic mass is 32.2. The maximum absolute atomic E-state index is 13.1. The summed E-state index contributed by atoms with van der Waals surface area (Å²) < 4.78 is 35.3. The van der Waals surface area contributed by atoms with Crippen LogP contribution in [0, 0.1) is 6.92 Å². The van der Waals surface area contributed by atoms with E-state index in [1.807, 2.05) is 19.1 Å². The average Bonchev–Trinajstić information content (AvgIpc) is 2.65. The van der Waals surface area contributed by atoms with Crippen LogP contribution >= 0.6 is 0 Å². The predicted molar refractivity (Wildman–Crippen MR) is 101 cm³/mol. The van der Waals surface area contributed by atoms with Crippen LogP contribution in [0.4, 0.5) is 5.69 Å². The Morgan fingerprint density at radius 1 is 1.15 bits per heavy atom. The molecule has 4 rings (SSSR count). The lowest BCUT2D eigenvalue weighted by Gasteiger charge is -2.34. The van der Waals surface area contributed by atoms with Crippen molar-refractivity contribution >= 4 is 21.4 Å². The fourth-order valence-electron chi connectivity index (χ4n) is 3.52. The molecule has 7 heteroatoms. The lowest BCUT2D eigenvalue weighted by molar-refractivity contribution is -0.126. The average molecular weight is 387 g/mol. The van der Waals surface area contributed by atoms with Crippen LogP contribution < -0.4 is 14.4 Å². The maximum Gasteiger partial charge on any atom is 0.268 e. The number of fused-ring (bicyclic) bond motifs is 2. The van der Waals surface area contributed by atoms with Gasteiger partial charge in [0.15, 0.2) is 15.9 Å². The fraction of sp³-hybridized carbons (Fsp3) is 0.350. The topological polar surface area (TPSA) is 72.9 Å². The second-order valence-electron chi connectivity index (χ2n) is 7.00. The summed E-state index contributed by atoms with van der Waals surface area (Å²) in [6.45, 7) is 2.75. The van der Waals surface area contributed by atoms with E-state index in [4.69, 9.17) is 9.47 Å². The van der Waals surface area contributed by atoms with Gasteiger partial charge < -0.3 is 14.4 Å². The minimum absolute atomic E-state index is 0.162. The molecule has 1 unspecified atom stereocenters. The minimum Gasteiger partial charge on any atom is -0.490 e. The highest BCUT2D eigenvalue weighted by molar-refractivity contribution is 7.90. The van der Waals surface area contributed by atoms with E-state index < -0.39 is 15.9 Å². The summed E-state index contributed by atoms with van der Waals surface area (Å²) in [6, 6.07) is 10.6. The van der Waals surface area contributed by atoms with E-state index >= 15 is 0 Å². The Morgan fingerprint density at radius 2 is 1.93 bits per heavy atom. The molecule has 0 aromatic heterocycles. The zero-order valence-electron chi connectivity index (χ0n) is 15.3. The smallest absolute Gasteiger partial charge is 0.268 e. The Morgan fingerprint density at radius 3 is 2.70 bits per heavy atom. The molecule has 0 saturated carbocycles. The predicted octanol–water partition coefficient (Wildman–Crippen LogP) is 2.52. The Bertz CT molecular complexity index is 1020. The Balaban J connectivity index is 1.63. The normalized spacial score (nSPS) is 18.7. The first-order valence-electron chi connectivity index (χ1n) is 8.87. The van der Waals surface area contributed by atoms with E-state index in [-0.39, 0.29) is 10.8 Å². The molecular weight excluding hydrogens is 366 g/mol. The first-order chi connectivity index (χ1) is 12.8. The second-order valence-corrected chi connectivity index (χ2v) is 9.01. The number of hydrogen-bond donors (Lipinski definition) is 0. The molecule has 0 N–H and O–H groups in total. The Hall–Kier alpha value is -2.54. The molecule has 0 saturated heterocycles. The van der Waals surface area contributed by atoms with Crippen LogP contribution in [0.25, 0.3) is 0 Å². The van der Waals surface area contributed by atoms with Crippen LogP contribution in [0.1, 0.15) is 17.5 Å². The molecular formula is C20H21NO5S. The van der Waals surface area contributed by atoms with Crippen LogP contribution in [-0.2, 0) is 21.1 Å². The number of sulfone groups is 1. The summed E-state index contributed by atoms with van der Waals surface area (Å²) in [7, 11) is -3.38. The third kappa shape index (κ3) is 3.39. The standard InChI is InChI=1S/C20H21NO5S/c1-13-3-6-17-14(11-13)4-7-19(26-17)20(22)21-9-10-25-18-8-5-15(12-16(18)21)27(2,23)24/h3,5-6,8,11-12,19H,4,7,9-10H2,1-2H3. The molecule has 0 spiro atoms. The van der Waals surface area contributed by atoms with E-state index in [9.17, 15) is 13.2 Å². The first-order valence-corrected chi connectivity index (χ1v) is 10.8. The van der Waals surface area contributed by atoms with Gasteiger partial charge in [0.1, 0.15) is 18.1 Å². The number of rotatable bonds is 2. The van der Waals surface area contributed by atoms with E-state index in [2.05, 4.69) is 6.07 Å². The number of ether oxygens (including phenoxy) is 2. The molecule has 2 aromatic carbocycles. The van der Waals surface area contributed by atoms with Gasteiger partial charge in [0.25, 0.3) is 5.91 Å². The molecule has 2 aliphatic heterocycles. The molecule has 2 aliphatic rings. The number of hydrogen-bond acceptors (Lipinski definition) is 5. The SMILES string of the molecule is Cc1ccc2c(c1)CCC(C(=O)N1CCOc3ccc(S(C)(=O)=O)cc31)O2. The Kier molecular flexibility index (Phi) is 4.34. The van der Waals surface area contributed by atoms with Gasteiger partial charge >= 0.3 is 0 Å². The number of carbonyl (C=O) groups excluding carboxylic acids is 1. The van der Waals surface area contributed by atoms with Gasteiger partial charge in [-0.3, -0.25) is 4.79 Å². The van der Waals surface area contributed by atoms with Crippen LogP contribution in [0.3, 0.4) is 0 Å². The molecule has 0 aliphatic carbocycles. The van der Waals surface area contributed by atoms with Crippen molar-refractivity contribution in [1.82, 2.24) is 0 Å². The third-order valence-electron chi connectivity index (χ3n) is 4.92. The van der Waals surface area contributed by atoms with Crippen molar-refractivity contribution < 1.29 is 22.7 Å². The van der Waals surface area contributed by atoms with Gasteiger partial charge in [-0.05, 0) is 49.6 Å². The maximum atomic E-state index is 13.1. The number of aryl methyl sites for hydroxylation is 2. The molecule has 27 heavy (non-hydrogen) atoms. The van der Waals surface area contributed by atoms with E-state index in [1.165, 1.54) is 12.1 Å². The van der Waals surface area contributed by atoms with Gasteiger partial charge in [-0.15, -0.1) is 0 Å². The molecule has 0 fully saturated rings. The number of benzene rings is 2. The van der Waals surface area contributed by atoms with Crippen molar-refractivity contribution in [3.63, 3.8) is 0 Å². The summed E-state index contributed by atoms with van der Waals surface area (Å²) in [5, 5.41) is 0. The summed E-state index contributed by atoms with van der Waals surface area (Å²) in [4.78, 5) is 14.9. The summed E-state index contributed by atoms with van der Waals surface area (Å²) >= 11 is 0. The molecule has 2 aromatic rings. The second kappa shape index (κ2) is 6.56. The van der Waals surface area contributed by atoms with Crippen molar-refractivity contribution in [3.8, 4) is 11.5 Å². The zero-order chi connectivity index (χ0) is 19.2. The van der Waals surface area contributed by atoms with Gasteiger partial charge in [0, 0.05) is 6.26 Å². The Labute approximate surface area is 158 Å². The lowest BCUT2D eigenvalue weighted by Crippen LogP contribution is -2.47. The first kappa shape index (κ1) is 17.9. The monoisotopic (exact) mass is 387 g/mol. The third-order valence-corrected chi connectivity index (χ3v) is 6.03. The lowest BCUT2D eigenvalue weighted by atomic mass is 9.99. The van der Waals surface area contributed by atoms with Crippen LogP contribution in [-0.4, -0.2) is 39.8 Å².